The predicted molar refractivity (Wildman–Crippen MR) is 131 cm³/mol. The van der Waals surface area contributed by atoms with Gasteiger partial charge in [0.15, 0.2) is 6.29 Å². The number of carbonyl (C=O) groups is 1. The van der Waals surface area contributed by atoms with Crippen LogP contribution in [0.2, 0.25) is 10.1 Å². The molecule has 0 saturated carbocycles. The van der Waals surface area contributed by atoms with Gasteiger partial charge in [-0.25, -0.2) is 0 Å². The smallest absolute Gasteiger partial charge is 0.350 e. The van der Waals surface area contributed by atoms with E-state index < -0.39 is 39.3 Å². The average molecular weight is 493 g/mol. The van der Waals surface area contributed by atoms with Crippen LogP contribution in [-0.4, -0.2) is 58.4 Å². The first kappa shape index (κ1) is 27.0. The Balaban J connectivity index is 1.98. The Morgan fingerprint density at radius 2 is 1.68 bits per heavy atom. The van der Waals surface area contributed by atoms with Crippen LogP contribution in [0.5, 0.6) is 0 Å². The van der Waals surface area contributed by atoms with Crippen LogP contribution < -0.4 is 0 Å². The molecule has 0 amide bonds. The first-order valence-corrected chi connectivity index (χ1v) is 13.7. The summed E-state index contributed by atoms with van der Waals surface area (Å²) in [5.41, 5.74) is 1.05. The van der Waals surface area contributed by atoms with Gasteiger partial charge in [-0.05, 0) is 5.56 Å². The fourth-order valence-electron chi connectivity index (χ4n) is 4.98. The molecule has 2 aliphatic heterocycles. The summed E-state index contributed by atoms with van der Waals surface area (Å²) in [6.45, 7) is 18.8. The van der Waals surface area contributed by atoms with Gasteiger partial charge in [0.25, 0.3) is 0 Å². The lowest BCUT2D eigenvalue weighted by Crippen LogP contribution is -2.68. The Kier molecular flexibility index (Phi) is 8.43. The maximum Gasteiger partial charge on any atom is 0.350 e. The van der Waals surface area contributed by atoms with E-state index in [1.165, 1.54) is 6.92 Å². The van der Waals surface area contributed by atoms with Gasteiger partial charge in [0.1, 0.15) is 31.0 Å². The van der Waals surface area contributed by atoms with E-state index in [1.807, 2.05) is 30.3 Å². The molecule has 2 saturated heterocycles. The standard InChI is InChI=1S/C26H40O7Si/c1-9-15-28-24-23(30-16-19-13-11-10-12-14-19)22-21(31-24)20(17-29-18(2)27)32-34(33-22,25(3,4)5)26(6,7)8/h9-14,20-24H,1,15-17H2,2-8H3/t20-,21+,22+,23-,24+/m1/s1. The van der Waals surface area contributed by atoms with Crippen LogP contribution in [-0.2, 0) is 39.2 Å². The molecule has 8 heteroatoms. The monoisotopic (exact) mass is 492 g/mol. The quantitative estimate of drug-likeness (QED) is 0.291. The van der Waals surface area contributed by atoms with Gasteiger partial charge < -0.3 is 27.8 Å². The number of esters is 1. The average Bonchev–Trinajstić information content (AvgIpc) is 3.10. The molecule has 190 valence electrons. The third kappa shape index (κ3) is 5.64. The molecule has 7 nitrogen and oxygen atoms in total. The molecule has 2 heterocycles. The molecule has 3 rings (SSSR count). The SMILES string of the molecule is C=CCO[C@H]1O[C@@H]2[C@H](O[Si](C(C)(C)C)(C(C)(C)C)O[C@@H]2COC(C)=O)[C@H]1OCc1ccccc1. The maximum absolute atomic E-state index is 11.7. The lowest BCUT2D eigenvalue weighted by Gasteiger charge is -2.55. The van der Waals surface area contributed by atoms with Crippen molar-refractivity contribution in [2.45, 2.75) is 95.9 Å². The summed E-state index contributed by atoms with van der Waals surface area (Å²) < 4.78 is 37.9. The molecule has 0 bridgehead atoms. The van der Waals surface area contributed by atoms with Crippen LogP contribution >= 0.6 is 0 Å². The number of hydrogen-bond acceptors (Lipinski definition) is 7. The van der Waals surface area contributed by atoms with Crippen molar-refractivity contribution in [1.82, 2.24) is 0 Å². The molecular weight excluding hydrogens is 452 g/mol. The van der Waals surface area contributed by atoms with Crippen molar-refractivity contribution in [3.63, 3.8) is 0 Å². The zero-order valence-corrected chi connectivity index (χ0v) is 22.5. The summed E-state index contributed by atoms with van der Waals surface area (Å²) in [6, 6.07) is 9.97. The minimum Gasteiger partial charge on any atom is -0.463 e. The molecule has 0 radical (unpaired) electrons. The number of fused-ring (bicyclic) bond motifs is 1. The number of hydrogen-bond donors (Lipinski definition) is 0. The van der Waals surface area contributed by atoms with Crippen LogP contribution in [0.25, 0.3) is 0 Å². The van der Waals surface area contributed by atoms with E-state index in [4.69, 9.17) is 27.8 Å². The van der Waals surface area contributed by atoms with Crippen molar-refractivity contribution in [2.24, 2.45) is 0 Å². The second-order valence-electron chi connectivity index (χ2n) is 11.0. The minimum absolute atomic E-state index is 0.0837. The van der Waals surface area contributed by atoms with Crippen molar-refractivity contribution in [2.75, 3.05) is 13.2 Å². The van der Waals surface area contributed by atoms with E-state index >= 15 is 0 Å². The Hall–Kier alpha value is -1.55. The number of benzene rings is 1. The second kappa shape index (κ2) is 10.6. The van der Waals surface area contributed by atoms with Gasteiger partial charge in [0, 0.05) is 17.0 Å². The zero-order chi connectivity index (χ0) is 25.1. The van der Waals surface area contributed by atoms with Crippen molar-refractivity contribution < 1.29 is 32.6 Å². The highest BCUT2D eigenvalue weighted by Gasteiger charge is 2.67. The third-order valence-corrected chi connectivity index (χ3v) is 11.5. The summed E-state index contributed by atoms with van der Waals surface area (Å²) in [6.07, 6.45) is -0.891. The summed E-state index contributed by atoms with van der Waals surface area (Å²) in [5, 5.41) is -0.538. The topological polar surface area (TPSA) is 72.5 Å². The van der Waals surface area contributed by atoms with Crippen LogP contribution in [0.1, 0.15) is 54.0 Å². The Morgan fingerprint density at radius 1 is 1.03 bits per heavy atom. The summed E-state index contributed by atoms with van der Waals surface area (Å²) >= 11 is 0. The minimum atomic E-state index is -2.94. The van der Waals surface area contributed by atoms with E-state index in [0.717, 1.165) is 5.56 Å². The van der Waals surface area contributed by atoms with Crippen LogP contribution in [0.3, 0.4) is 0 Å². The highest BCUT2D eigenvalue weighted by Crippen LogP contribution is 2.56. The third-order valence-electron chi connectivity index (χ3n) is 6.28. The molecule has 0 aliphatic carbocycles. The van der Waals surface area contributed by atoms with Gasteiger partial charge in [-0.2, -0.15) is 0 Å². The first-order valence-electron chi connectivity index (χ1n) is 11.9. The molecule has 34 heavy (non-hydrogen) atoms. The van der Waals surface area contributed by atoms with Crippen molar-refractivity contribution >= 4 is 14.5 Å². The molecule has 0 unspecified atom stereocenters. The van der Waals surface area contributed by atoms with E-state index in [0.29, 0.717) is 13.2 Å². The van der Waals surface area contributed by atoms with Crippen molar-refractivity contribution in [3.05, 3.63) is 48.6 Å². The number of ether oxygens (including phenoxy) is 4. The highest BCUT2D eigenvalue weighted by atomic mass is 28.4. The van der Waals surface area contributed by atoms with Gasteiger partial charge in [0.05, 0.1) is 13.2 Å². The first-order chi connectivity index (χ1) is 15.9. The summed E-state index contributed by atoms with van der Waals surface area (Å²) in [4.78, 5) is 11.7. The van der Waals surface area contributed by atoms with E-state index in [-0.39, 0.29) is 22.7 Å². The zero-order valence-electron chi connectivity index (χ0n) is 21.5. The van der Waals surface area contributed by atoms with Crippen LogP contribution in [0.15, 0.2) is 43.0 Å². The molecule has 0 aromatic heterocycles. The van der Waals surface area contributed by atoms with Crippen molar-refractivity contribution in [3.8, 4) is 0 Å². The van der Waals surface area contributed by atoms with E-state index in [1.54, 1.807) is 6.08 Å². The van der Waals surface area contributed by atoms with Crippen molar-refractivity contribution in [1.29, 1.82) is 0 Å². The van der Waals surface area contributed by atoms with Crippen LogP contribution in [0, 0.1) is 0 Å². The largest absolute Gasteiger partial charge is 0.463 e. The Bertz CT molecular complexity index is 816. The molecule has 0 spiro atoms. The van der Waals surface area contributed by atoms with Gasteiger partial charge >= 0.3 is 14.5 Å². The van der Waals surface area contributed by atoms with E-state index in [9.17, 15) is 4.79 Å². The normalized spacial score (nSPS) is 28.9. The summed E-state index contributed by atoms with van der Waals surface area (Å²) in [7, 11) is -2.94. The Morgan fingerprint density at radius 3 is 2.24 bits per heavy atom. The maximum atomic E-state index is 11.7. The second-order valence-corrected chi connectivity index (χ2v) is 15.7. The van der Waals surface area contributed by atoms with Gasteiger partial charge in [0.2, 0.25) is 0 Å². The number of rotatable bonds is 8. The molecule has 1 aromatic rings. The van der Waals surface area contributed by atoms with Gasteiger partial charge in [-0.1, -0.05) is 78.0 Å². The summed E-state index contributed by atoms with van der Waals surface area (Å²) in [5.74, 6) is -0.361. The molecule has 0 N–H and O–H groups in total. The number of carbonyl (C=O) groups excluding carboxylic acids is 1. The predicted octanol–water partition coefficient (Wildman–Crippen LogP) is 4.89. The van der Waals surface area contributed by atoms with Crippen LogP contribution in [0.4, 0.5) is 0 Å². The van der Waals surface area contributed by atoms with Gasteiger partial charge in [-0.3, -0.25) is 4.79 Å². The molecular formula is C26H40O7Si. The fourth-order valence-corrected chi connectivity index (χ4v) is 9.98. The fraction of sp³-hybridized carbons (Fsp3) is 0.654. The lowest BCUT2D eigenvalue weighted by atomic mass is 10.1. The Labute approximate surface area is 204 Å². The molecule has 5 atom stereocenters. The lowest BCUT2D eigenvalue weighted by molar-refractivity contribution is -0.188. The van der Waals surface area contributed by atoms with Gasteiger partial charge in [-0.15, -0.1) is 6.58 Å². The highest BCUT2D eigenvalue weighted by molar-refractivity contribution is 6.73. The molecule has 1 aromatic carbocycles. The molecule has 2 aliphatic rings. The van der Waals surface area contributed by atoms with E-state index in [2.05, 4.69) is 48.1 Å². The molecule has 2 fully saturated rings.